The van der Waals surface area contributed by atoms with Gasteiger partial charge in [0, 0.05) is 43.6 Å². The number of ether oxygens (including phenoxy) is 2. The molecule has 0 spiro atoms. The van der Waals surface area contributed by atoms with Crippen molar-refractivity contribution in [1.82, 2.24) is 15.5 Å². The lowest BCUT2D eigenvalue weighted by molar-refractivity contribution is 0.0611. The van der Waals surface area contributed by atoms with E-state index in [0.717, 1.165) is 0 Å². The molecule has 1 fully saturated rings. The second-order valence-corrected chi connectivity index (χ2v) is 7.39. The highest BCUT2D eigenvalue weighted by Crippen LogP contribution is 2.31. The molecule has 34 heavy (non-hydrogen) atoms. The zero-order valence-corrected chi connectivity index (χ0v) is 18.4. The van der Waals surface area contributed by atoms with Gasteiger partial charge in [-0.2, -0.15) is 0 Å². The SMILES string of the molecule is C=CN(C[C@H](COc1ccon1)OC)c1ccc(-c2ccc(N3CCNC3=O)nc2)c(F)c1F. The number of anilines is 2. The lowest BCUT2D eigenvalue weighted by Crippen LogP contribution is -2.34. The van der Waals surface area contributed by atoms with Crippen molar-refractivity contribution in [3.63, 3.8) is 0 Å². The number of hydrogen-bond donors (Lipinski definition) is 1. The van der Waals surface area contributed by atoms with Gasteiger partial charge in [0.05, 0.1) is 12.2 Å². The largest absolute Gasteiger partial charge is 0.473 e. The van der Waals surface area contributed by atoms with Crippen LogP contribution in [0.5, 0.6) is 5.88 Å². The number of nitrogens with one attached hydrogen (secondary N) is 1. The van der Waals surface area contributed by atoms with Crippen molar-refractivity contribution in [1.29, 1.82) is 0 Å². The van der Waals surface area contributed by atoms with Gasteiger partial charge < -0.3 is 24.2 Å². The smallest absolute Gasteiger partial charge is 0.323 e. The van der Waals surface area contributed by atoms with Crippen LogP contribution in [0, 0.1) is 11.6 Å². The van der Waals surface area contributed by atoms with E-state index in [2.05, 4.69) is 22.0 Å². The molecule has 1 N–H and O–H groups in total. The third-order valence-corrected chi connectivity index (χ3v) is 5.35. The lowest BCUT2D eigenvalue weighted by atomic mass is 10.1. The Morgan fingerprint density at radius 1 is 1.29 bits per heavy atom. The number of pyridine rings is 1. The third-order valence-electron chi connectivity index (χ3n) is 5.35. The molecular formula is C23H23F2N5O4. The molecule has 1 saturated heterocycles. The summed E-state index contributed by atoms with van der Waals surface area (Å²) in [6.45, 7) is 4.99. The van der Waals surface area contributed by atoms with Crippen LogP contribution in [0.1, 0.15) is 0 Å². The minimum atomic E-state index is -1.03. The predicted octanol–water partition coefficient (Wildman–Crippen LogP) is 3.59. The van der Waals surface area contributed by atoms with Gasteiger partial charge >= 0.3 is 6.03 Å². The van der Waals surface area contributed by atoms with Gasteiger partial charge in [0.1, 0.15) is 24.8 Å². The van der Waals surface area contributed by atoms with Gasteiger partial charge in [0.25, 0.3) is 5.88 Å². The first kappa shape index (κ1) is 23.2. The summed E-state index contributed by atoms with van der Waals surface area (Å²) in [7, 11) is 1.49. The highest BCUT2D eigenvalue weighted by molar-refractivity contribution is 5.93. The van der Waals surface area contributed by atoms with E-state index in [1.807, 2.05) is 0 Å². The number of rotatable bonds is 10. The highest BCUT2D eigenvalue weighted by Gasteiger charge is 2.24. The van der Waals surface area contributed by atoms with E-state index < -0.39 is 17.7 Å². The van der Waals surface area contributed by atoms with Crippen molar-refractivity contribution in [2.24, 2.45) is 0 Å². The lowest BCUT2D eigenvalue weighted by Gasteiger charge is -2.26. The van der Waals surface area contributed by atoms with Crippen LogP contribution in [0.2, 0.25) is 0 Å². The number of methoxy groups -OCH3 is 1. The summed E-state index contributed by atoms with van der Waals surface area (Å²) in [6.07, 6.45) is 3.68. The highest BCUT2D eigenvalue weighted by atomic mass is 19.2. The number of halogens is 2. The number of nitrogens with zero attached hydrogens (tertiary/aromatic N) is 4. The van der Waals surface area contributed by atoms with Crippen molar-refractivity contribution in [2.75, 3.05) is 43.2 Å². The number of carbonyl (C=O) groups excluding carboxylic acids is 1. The van der Waals surface area contributed by atoms with E-state index >= 15 is 8.78 Å². The van der Waals surface area contributed by atoms with Crippen LogP contribution in [0.15, 0.2) is 60.1 Å². The minimum absolute atomic E-state index is 0.00180. The Hall–Kier alpha value is -3.99. The summed E-state index contributed by atoms with van der Waals surface area (Å²) in [6, 6.07) is 7.43. The Bertz CT molecular complexity index is 1140. The van der Waals surface area contributed by atoms with E-state index in [1.165, 1.54) is 47.7 Å². The summed E-state index contributed by atoms with van der Waals surface area (Å²) >= 11 is 0. The number of amides is 2. The molecule has 9 nitrogen and oxygen atoms in total. The molecule has 1 aliphatic heterocycles. The Labute approximate surface area is 194 Å². The normalized spacial score (nSPS) is 14.1. The van der Waals surface area contributed by atoms with Crippen LogP contribution in [0.25, 0.3) is 11.1 Å². The Morgan fingerprint density at radius 2 is 2.15 bits per heavy atom. The molecule has 3 heterocycles. The van der Waals surface area contributed by atoms with Gasteiger partial charge in [0.15, 0.2) is 11.6 Å². The Morgan fingerprint density at radius 3 is 2.76 bits per heavy atom. The van der Waals surface area contributed by atoms with Crippen molar-refractivity contribution in [2.45, 2.75) is 6.10 Å². The minimum Gasteiger partial charge on any atom is -0.473 e. The summed E-state index contributed by atoms with van der Waals surface area (Å²) in [5, 5.41) is 6.34. The number of aromatic nitrogens is 2. The predicted molar refractivity (Wildman–Crippen MR) is 121 cm³/mol. The van der Waals surface area contributed by atoms with E-state index in [0.29, 0.717) is 30.4 Å². The maximum absolute atomic E-state index is 15.1. The topological polar surface area (TPSA) is 93.0 Å². The molecule has 2 amide bonds. The van der Waals surface area contributed by atoms with Gasteiger partial charge in [-0.3, -0.25) is 4.90 Å². The van der Waals surface area contributed by atoms with Crippen LogP contribution in [0.3, 0.4) is 0 Å². The maximum atomic E-state index is 15.1. The molecule has 178 valence electrons. The van der Waals surface area contributed by atoms with Crippen molar-refractivity contribution >= 4 is 17.5 Å². The summed E-state index contributed by atoms with van der Waals surface area (Å²) in [4.78, 5) is 18.9. The fourth-order valence-corrected chi connectivity index (χ4v) is 3.52. The van der Waals surface area contributed by atoms with Gasteiger partial charge in [-0.25, -0.2) is 18.6 Å². The standard InChI is InChI=1S/C23H23F2N5O4/c1-3-29(13-16(32-2)14-33-20-8-11-34-28-20)18-6-5-17(21(24)22(18)25)15-4-7-19(27-12-15)30-10-9-26-23(30)31/h3-8,11-12,16H,1,9-10,13-14H2,2H3,(H,26,31)/t16-/m1/s1. The first-order valence-electron chi connectivity index (χ1n) is 10.5. The van der Waals surface area contributed by atoms with Gasteiger partial charge in [-0.1, -0.05) is 6.58 Å². The van der Waals surface area contributed by atoms with Crippen molar-refractivity contribution in [3.8, 4) is 17.0 Å². The van der Waals surface area contributed by atoms with Gasteiger partial charge in [0.2, 0.25) is 0 Å². The molecule has 0 unspecified atom stereocenters. The van der Waals surface area contributed by atoms with E-state index in [-0.39, 0.29) is 30.4 Å². The van der Waals surface area contributed by atoms with Crippen LogP contribution >= 0.6 is 0 Å². The number of carbonyl (C=O) groups is 1. The van der Waals surface area contributed by atoms with Crippen molar-refractivity contribution in [3.05, 3.63) is 67.2 Å². The molecule has 3 aromatic rings. The summed E-state index contributed by atoms with van der Waals surface area (Å²) in [5.74, 6) is -1.33. The molecule has 1 aromatic carbocycles. The van der Waals surface area contributed by atoms with Crippen LogP contribution in [-0.2, 0) is 4.74 Å². The van der Waals surface area contributed by atoms with Crippen LogP contribution in [-0.4, -0.2) is 55.6 Å². The first-order chi connectivity index (χ1) is 16.5. The monoisotopic (exact) mass is 471 g/mol. The van der Waals surface area contributed by atoms with Crippen LogP contribution < -0.4 is 19.9 Å². The molecule has 1 aliphatic rings. The van der Waals surface area contributed by atoms with Crippen LogP contribution in [0.4, 0.5) is 25.1 Å². The first-order valence-corrected chi connectivity index (χ1v) is 10.5. The number of benzene rings is 1. The third kappa shape index (κ3) is 4.84. The molecule has 1 atom stereocenters. The molecule has 0 saturated carbocycles. The molecule has 0 bridgehead atoms. The number of urea groups is 1. The molecule has 2 aromatic heterocycles. The fourth-order valence-electron chi connectivity index (χ4n) is 3.52. The second-order valence-electron chi connectivity index (χ2n) is 7.39. The molecule has 11 heteroatoms. The molecular weight excluding hydrogens is 448 g/mol. The zero-order valence-electron chi connectivity index (χ0n) is 18.4. The fraction of sp³-hybridized carbons (Fsp3) is 0.261. The summed E-state index contributed by atoms with van der Waals surface area (Å²) in [5.41, 5.74) is 0.429. The molecule has 0 aliphatic carbocycles. The average Bonchev–Trinajstić information content (AvgIpc) is 3.53. The van der Waals surface area contributed by atoms with Gasteiger partial charge in [-0.15, -0.1) is 0 Å². The zero-order chi connectivity index (χ0) is 24.1. The van der Waals surface area contributed by atoms with Crippen molar-refractivity contribution < 1.29 is 27.6 Å². The Balaban J connectivity index is 1.50. The number of hydrogen-bond acceptors (Lipinski definition) is 7. The van der Waals surface area contributed by atoms with E-state index in [4.69, 9.17) is 14.0 Å². The van der Waals surface area contributed by atoms with E-state index in [9.17, 15) is 4.79 Å². The quantitative estimate of drug-likeness (QED) is 0.483. The average molecular weight is 471 g/mol. The molecule has 4 rings (SSSR count). The maximum Gasteiger partial charge on any atom is 0.323 e. The second kappa shape index (κ2) is 10.3. The molecule has 0 radical (unpaired) electrons. The van der Waals surface area contributed by atoms with Gasteiger partial charge in [-0.05, 0) is 35.6 Å². The van der Waals surface area contributed by atoms with E-state index in [1.54, 1.807) is 18.2 Å². The summed E-state index contributed by atoms with van der Waals surface area (Å²) < 4.78 is 45.7. The Kier molecular flexibility index (Phi) is 7.02.